The van der Waals surface area contributed by atoms with Gasteiger partial charge in [-0.2, -0.15) is 0 Å². The number of Topliss-reactive ketones (excluding diaryl/α,β-unsaturated/α-hetero) is 1. The predicted octanol–water partition coefficient (Wildman–Crippen LogP) is 5.38. The molecule has 0 saturated carbocycles. The van der Waals surface area contributed by atoms with Crippen LogP contribution in [-0.2, 0) is 23.9 Å². The minimum atomic E-state index is -1.06. The summed E-state index contributed by atoms with van der Waals surface area (Å²) in [5, 5.41) is 5.28. The van der Waals surface area contributed by atoms with Gasteiger partial charge in [0.15, 0.2) is 5.78 Å². The number of nitrogens with one attached hydrogen (secondary N) is 1. The van der Waals surface area contributed by atoms with Crippen LogP contribution in [0.25, 0.3) is 0 Å². The van der Waals surface area contributed by atoms with E-state index in [1.807, 2.05) is 24.4 Å². The van der Waals surface area contributed by atoms with Crippen LogP contribution in [0.1, 0.15) is 62.3 Å². The highest BCUT2D eigenvalue weighted by molar-refractivity contribution is 7.10. The first-order valence-electron chi connectivity index (χ1n) is 12.3. The van der Waals surface area contributed by atoms with Gasteiger partial charge in [-0.1, -0.05) is 31.5 Å². The van der Waals surface area contributed by atoms with Crippen LogP contribution in [0.3, 0.4) is 0 Å². The maximum atomic E-state index is 14.4. The molecule has 2 aromatic rings. The summed E-state index contributed by atoms with van der Waals surface area (Å²) in [5.41, 5.74) is 2.37. The second-order valence-corrected chi connectivity index (χ2v) is 9.77. The summed E-state index contributed by atoms with van der Waals surface area (Å²) in [6.45, 7) is 5.71. The first-order valence-corrected chi connectivity index (χ1v) is 13.2. The zero-order chi connectivity index (χ0) is 25.8. The molecule has 36 heavy (non-hydrogen) atoms. The Labute approximate surface area is 214 Å². The van der Waals surface area contributed by atoms with Gasteiger partial charge in [-0.3, -0.25) is 9.59 Å². The number of benzene rings is 1. The van der Waals surface area contributed by atoms with E-state index >= 15 is 0 Å². The quantitative estimate of drug-likeness (QED) is 0.379. The highest BCUT2D eigenvalue weighted by atomic mass is 32.1. The van der Waals surface area contributed by atoms with Crippen molar-refractivity contribution in [2.24, 2.45) is 5.92 Å². The Morgan fingerprint density at radius 1 is 1.11 bits per heavy atom. The van der Waals surface area contributed by atoms with Crippen LogP contribution in [0.4, 0.5) is 4.39 Å². The maximum Gasteiger partial charge on any atom is 0.336 e. The summed E-state index contributed by atoms with van der Waals surface area (Å²) in [6, 6.07) is 9.71. The van der Waals surface area contributed by atoms with E-state index in [4.69, 9.17) is 9.47 Å². The van der Waals surface area contributed by atoms with Crippen LogP contribution in [0.5, 0.6) is 0 Å². The molecule has 1 N–H and O–H groups in total. The SMILES string of the molecule is CCCC1=C(C(=O)OCC)[C@@H](c2cccc(F)c2)C2=C(C[C@@H](c3cccs3)[C@H](C(=O)OCC)C2=O)N1. The zero-order valence-electron chi connectivity index (χ0n) is 20.6. The van der Waals surface area contributed by atoms with Gasteiger partial charge in [0.2, 0.25) is 0 Å². The molecule has 1 aromatic heterocycles. The lowest BCUT2D eigenvalue weighted by Crippen LogP contribution is -2.43. The lowest BCUT2D eigenvalue weighted by molar-refractivity contribution is -0.152. The third kappa shape index (κ3) is 4.87. The second kappa shape index (κ2) is 11.2. The number of ether oxygens (including phenoxy) is 2. The van der Waals surface area contributed by atoms with E-state index in [9.17, 15) is 18.8 Å². The van der Waals surface area contributed by atoms with Crippen LogP contribution in [0.2, 0.25) is 0 Å². The Morgan fingerprint density at radius 2 is 1.89 bits per heavy atom. The Morgan fingerprint density at radius 3 is 2.53 bits per heavy atom. The van der Waals surface area contributed by atoms with E-state index in [1.54, 1.807) is 26.0 Å². The monoisotopic (exact) mass is 511 g/mol. The second-order valence-electron chi connectivity index (χ2n) is 8.79. The van der Waals surface area contributed by atoms with Crippen molar-refractivity contribution in [1.82, 2.24) is 5.32 Å². The number of ketones is 1. The number of carbonyl (C=O) groups excluding carboxylic acids is 3. The van der Waals surface area contributed by atoms with E-state index in [2.05, 4.69) is 5.32 Å². The fourth-order valence-corrected chi connectivity index (χ4v) is 6.00. The van der Waals surface area contributed by atoms with Crippen molar-refractivity contribution in [2.75, 3.05) is 13.2 Å². The highest BCUT2D eigenvalue weighted by Gasteiger charge is 2.49. The molecule has 0 saturated heterocycles. The average Bonchev–Trinajstić information content (AvgIpc) is 3.38. The number of hydrogen-bond donors (Lipinski definition) is 1. The van der Waals surface area contributed by atoms with Gasteiger partial charge in [0, 0.05) is 33.7 Å². The minimum absolute atomic E-state index is 0.145. The number of dihydropyridines is 1. The summed E-state index contributed by atoms with van der Waals surface area (Å²) < 4.78 is 25.1. The van der Waals surface area contributed by atoms with E-state index in [0.29, 0.717) is 35.4 Å². The largest absolute Gasteiger partial charge is 0.465 e. The maximum absolute atomic E-state index is 14.4. The van der Waals surface area contributed by atoms with Crippen molar-refractivity contribution in [3.63, 3.8) is 0 Å². The average molecular weight is 512 g/mol. The van der Waals surface area contributed by atoms with Gasteiger partial charge >= 0.3 is 11.9 Å². The van der Waals surface area contributed by atoms with Crippen LogP contribution in [-0.4, -0.2) is 30.9 Å². The summed E-state index contributed by atoms with van der Waals surface area (Å²) in [4.78, 5) is 41.5. The van der Waals surface area contributed by atoms with Crippen LogP contribution in [0.15, 0.2) is 64.3 Å². The van der Waals surface area contributed by atoms with Gasteiger partial charge in [0.05, 0.1) is 18.8 Å². The molecule has 0 unspecified atom stereocenters. The fourth-order valence-electron chi connectivity index (χ4n) is 5.14. The number of esters is 2. The Kier molecular flexibility index (Phi) is 8.04. The normalized spacial score (nSPS) is 21.7. The standard InChI is InChI=1S/C28H30FNO5S/c1-4-9-19-25(28(33)35-6-3)22(16-10-7-11-17(29)14-16)24-20(30-19)15-18(21-12-8-13-36-21)23(26(24)31)27(32)34-5-2/h7-8,10-14,18,22-23,30H,4-6,9,15H2,1-3H3/t18-,22-,23-/m0/s1. The highest BCUT2D eigenvalue weighted by Crippen LogP contribution is 2.49. The first-order chi connectivity index (χ1) is 17.4. The molecular weight excluding hydrogens is 481 g/mol. The minimum Gasteiger partial charge on any atom is -0.465 e. The molecule has 2 heterocycles. The third-order valence-electron chi connectivity index (χ3n) is 6.53. The summed E-state index contributed by atoms with van der Waals surface area (Å²) in [7, 11) is 0. The third-order valence-corrected chi connectivity index (χ3v) is 7.53. The lowest BCUT2D eigenvalue weighted by atomic mass is 9.68. The van der Waals surface area contributed by atoms with Gasteiger partial charge in [-0.25, -0.2) is 9.18 Å². The topological polar surface area (TPSA) is 81.7 Å². The zero-order valence-corrected chi connectivity index (χ0v) is 21.5. The molecular formula is C28H30FNO5S. The number of allylic oxidation sites excluding steroid dienone is 3. The Hall–Kier alpha value is -3.26. The predicted molar refractivity (Wildman–Crippen MR) is 135 cm³/mol. The molecule has 1 aliphatic carbocycles. The van der Waals surface area contributed by atoms with Gasteiger partial charge in [-0.05, 0) is 55.8 Å². The van der Waals surface area contributed by atoms with Crippen molar-refractivity contribution in [1.29, 1.82) is 0 Å². The molecule has 3 atom stereocenters. The molecule has 2 aliphatic rings. The Bertz CT molecular complexity index is 1220. The molecule has 0 spiro atoms. The van der Waals surface area contributed by atoms with E-state index in [0.717, 1.165) is 11.3 Å². The van der Waals surface area contributed by atoms with Crippen LogP contribution >= 0.6 is 11.3 Å². The number of rotatable bonds is 8. The van der Waals surface area contributed by atoms with Crippen LogP contribution in [0, 0.1) is 11.7 Å². The molecule has 4 rings (SSSR count). The number of halogens is 1. The Balaban J connectivity index is 1.93. The summed E-state index contributed by atoms with van der Waals surface area (Å²) in [6.07, 6.45) is 1.69. The molecule has 1 aromatic carbocycles. The van der Waals surface area contributed by atoms with E-state index in [-0.39, 0.29) is 18.8 Å². The van der Waals surface area contributed by atoms with Crippen molar-refractivity contribution in [3.05, 3.63) is 80.6 Å². The molecule has 0 fully saturated rings. The summed E-state index contributed by atoms with van der Waals surface area (Å²) >= 11 is 1.49. The fraction of sp³-hybridized carbons (Fsp3) is 0.393. The lowest BCUT2D eigenvalue weighted by Gasteiger charge is -2.39. The van der Waals surface area contributed by atoms with Gasteiger partial charge in [0.1, 0.15) is 11.7 Å². The van der Waals surface area contributed by atoms with Gasteiger partial charge < -0.3 is 14.8 Å². The molecule has 190 valence electrons. The van der Waals surface area contributed by atoms with Gasteiger partial charge in [0.25, 0.3) is 0 Å². The van der Waals surface area contributed by atoms with E-state index < -0.39 is 41.3 Å². The number of hydrogen-bond acceptors (Lipinski definition) is 7. The van der Waals surface area contributed by atoms with Crippen LogP contribution < -0.4 is 5.32 Å². The van der Waals surface area contributed by atoms with Crippen molar-refractivity contribution >= 4 is 29.1 Å². The van der Waals surface area contributed by atoms with Crippen molar-refractivity contribution in [3.8, 4) is 0 Å². The molecule has 0 amide bonds. The molecule has 0 bridgehead atoms. The number of thiophene rings is 1. The summed E-state index contributed by atoms with van der Waals surface area (Å²) in [5.74, 6) is -4.35. The van der Waals surface area contributed by atoms with E-state index in [1.165, 1.54) is 23.5 Å². The first kappa shape index (κ1) is 25.8. The van der Waals surface area contributed by atoms with Crippen molar-refractivity contribution in [2.45, 2.75) is 51.9 Å². The smallest absolute Gasteiger partial charge is 0.336 e. The van der Waals surface area contributed by atoms with Crippen molar-refractivity contribution < 1.29 is 28.2 Å². The molecule has 6 nitrogen and oxygen atoms in total. The molecule has 1 aliphatic heterocycles. The van der Waals surface area contributed by atoms with Gasteiger partial charge in [-0.15, -0.1) is 11.3 Å². The molecule has 0 radical (unpaired) electrons. The number of carbonyl (C=O) groups is 3. The molecule has 8 heteroatoms.